The van der Waals surface area contributed by atoms with Crippen molar-refractivity contribution < 1.29 is 9.59 Å². The molecule has 0 heterocycles. The quantitative estimate of drug-likeness (QED) is 0.636. The zero-order valence-electron chi connectivity index (χ0n) is 17.9. The molecule has 1 N–H and O–H groups in total. The number of aryl methyl sites for hydroxylation is 1. The molecule has 2 amide bonds. The van der Waals surface area contributed by atoms with Crippen LogP contribution in [-0.2, 0) is 21.8 Å². The van der Waals surface area contributed by atoms with Gasteiger partial charge in [-0.2, -0.15) is 0 Å². The number of amides is 2. The minimum Gasteiger partial charge on any atom is -0.352 e. The molecule has 4 nitrogen and oxygen atoms in total. The average Bonchev–Trinajstić information content (AvgIpc) is 2.69. The Hall–Kier alpha value is -2.27. The van der Waals surface area contributed by atoms with E-state index in [1.807, 2.05) is 51.1 Å². The summed E-state index contributed by atoms with van der Waals surface area (Å²) in [5.41, 5.74) is 3.64. The van der Waals surface area contributed by atoms with Crippen molar-refractivity contribution >= 4 is 23.6 Å². The predicted molar refractivity (Wildman–Crippen MR) is 122 cm³/mol. The summed E-state index contributed by atoms with van der Waals surface area (Å²) in [4.78, 5) is 27.3. The van der Waals surface area contributed by atoms with E-state index in [4.69, 9.17) is 0 Å². The Morgan fingerprint density at radius 1 is 1.00 bits per heavy atom. The van der Waals surface area contributed by atoms with Gasteiger partial charge in [-0.3, -0.25) is 9.59 Å². The van der Waals surface area contributed by atoms with Crippen molar-refractivity contribution in [3.63, 3.8) is 0 Å². The van der Waals surface area contributed by atoms with Gasteiger partial charge in [0.2, 0.25) is 11.8 Å². The molecule has 2 rings (SSSR count). The maximum absolute atomic E-state index is 13.0. The van der Waals surface area contributed by atoms with Crippen LogP contribution in [0.2, 0.25) is 0 Å². The summed E-state index contributed by atoms with van der Waals surface area (Å²) in [6.07, 6.45) is 0.730. The van der Waals surface area contributed by atoms with E-state index in [0.29, 0.717) is 12.3 Å². The van der Waals surface area contributed by atoms with Crippen LogP contribution >= 0.6 is 11.8 Å². The number of nitrogens with one attached hydrogen (secondary N) is 1. The van der Waals surface area contributed by atoms with Crippen molar-refractivity contribution in [1.29, 1.82) is 0 Å². The number of rotatable bonds is 10. The van der Waals surface area contributed by atoms with Crippen LogP contribution in [0.3, 0.4) is 0 Å². The molecule has 0 unspecified atom stereocenters. The molecule has 0 aliphatic carbocycles. The van der Waals surface area contributed by atoms with Gasteiger partial charge in [-0.1, -0.05) is 54.6 Å². The van der Waals surface area contributed by atoms with Crippen LogP contribution < -0.4 is 5.32 Å². The first-order chi connectivity index (χ1) is 13.9. The lowest BCUT2D eigenvalue weighted by atomic mass is 10.1. The summed E-state index contributed by atoms with van der Waals surface area (Å²) in [5.74, 6) is 1.05. The number of nitrogens with zero attached hydrogens (tertiary/aromatic N) is 1. The molecular formula is C24H32N2O2S. The molecule has 1 atom stereocenters. The highest BCUT2D eigenvalue weighted by Gasteiger charge is 2.25. The van der Waals surface area contributed by atoms with E-state index in [9.17, 15) is 9.59 Å². The van der Waals surface area contributed by atoms with Crippen molar-refractivity contribution in [3.8, 4) is 0 Å². The Morgan fingerprint density at radius 2 is 1.66 bits per heavy atom. The third kappa shape index (κ3) is 7.58. The van der Waals surface area contributed by atoms with Crippen LogP contribution in [0.15, 0.2) is 54.6 Å². The molecule has 0 aliphatic heterocycles. The normalized spacial score (nSPS) is 11.9. The number of hydrogen-bond acceptors (Lipinski definition) is 3. The smallest absolute Gasteiger partial charge is 0.242 e. The van der Waals surface area contributed by atoms with Gasteiger partial charge in [-0.05, 0) is 50.8 Å². The SMILES string of the molecule is Cc1ccccc1CSCC(=O)N(CCc1ccccc1)[C@@H](C)C(=O)NC(C)C. The van der Waals surface area contributed by atoms with Crippen LogP contribution in [0.1, 0.15) is 37.5 Å². The molecule has 156 valence electrons. The number of carbonyl (C=O) groups excluding carboxylic acids is 2. The van der Waals surface area contributed by atoms with Gasteiger partial charge in [0.25, 0.3) is 0 Å². The maximum Gasteiger partial charge on any atom is 0.242 e. The fourth-order valence-corrected chi connectivity index (χ4v) is 4.06. The Kier molecular flexibility index (Phi) is 9.26. The fraction of sp³-hybridized carbons (Fsp3) is 0.417. The molecule has 0 spiro atoms. The molecular weight excluding hydrogens is 380 g/mol. The van der Waals surface area contributed by atoms with E-state index in [0.717, 1.165) is 17.7 Å². The highest BCUT2D eigenvalue weighted by Crippen LogP contribution is 2.17. The average molecular weight is 413 g/mol. The highest BCUT2D eigenvalue weighted by molar-refractivity contribution is 7.99. The Balaban J connectivity index is 2.00. The Morgan fingerprint density at radius 3 is 2.31 bits per heavy atom. The van der Waals surface area contributed by atoms with Gasteiger partial charge in [-0.15, -0.1) is 11.8 Å². The van der Waals surface area contributed by atoms with Gasteiger partial charge >= 0.3 is 0 Å². The molecule has 0 saturated carbocycles. The Bertz CT molecular complexity index is 792. The largest absolute Gasteiger partial charge is 0.352 e. The molecule has 0 aliphatic rings. The minimum atomic E-state index is -0.493. The number of thioether (sulfide) groups is 1. The van der Waals surface area contributed by atoms with Gasteiger partial charge < -0.3 is 10.2 Å². The Labute approximate surface area is 179 Å². The summed E-state index contributed by atoms with van der Waals surface area (Å²) in [7, 11) is 0. The minimum absolute atomic E-state index is 0.00548. The molecule has 0 aromatic heterocycles. The summed E-state index contributed by atoms with van der Waals surface area (Å²) in [5, 5.41) is 2.93. The second-order valence-electron chi connectivity index (χ2n) is 7.58. The predicted octanol–water partition coefficient (Wildman–Crippen LogP) is 4.21. The van der Waals surface area contributed by atoms with E-state index in [-0.39, 0.29) is 17.9 Å². The second kappa shape index (κ2) is 11.7. The van der Waals surface area contributed by atoms with Crippen molar-refractivity contribution in [2.45, 2.75) is 52.0 Å². The first-order valence-corrected chi connectivity index (χ1v) is 11.3. The molecule has 0 radical (unpaired) electrons. The van der Waals surface area contributed by atoms with Crippen molar-refractivity contribution in [2.24, 2.45) is 0 Å². The number of hydrogen-bond donors (Lipinski definition) is 1. The van der Waals surface area contributed by atoms with Crippen LogP contribution in [0.25, 0.3) is 0 Å². The molecule has 0 fully saturated rings. The van der Waals surface area contributed by atoms with Gasteiger partial charge in [-0.25, -0.2) is 0 Å². The van der Waals surface area contributed by atoms with Crippen LogP contribution in [0.5, 0.6) is 0 Å². The van der Waals surface area contributed by atoms with Crippen LogP contribution in [-0.4, -0.2) is 41.1 Å². The lowest BCUT2D eigenvalue weighted by Crippen LogP contribution is -2.50. The first-order valence-electron chi connectivity index (χ1n) is 10.1. The summed E-state index contributed by atoms with van der Waals surface area (Å²) in [6.45, 7) is 8.28. The standard InChI is InChI=1S/C24H32N2O2S/c1-18(2)25-24(28)20(4)26(15-14-21-11-6-5-7-12-21)23(27)17-29-16-22-13-9-8-10-19(22)3/h5-13,18,20H,14-17H2,1-4H3,(H,25,28)/t20-/m0/s1. The van der Waals surface area contributed by atoms with Gasteiger partial charge in [0.1, 0.15) is 6.04 Å². The van der Waals surface area contributed by atoms with E-state index in [2.05, 4.69) is 36.5 Å². The maximum atomic E-state index is 13.0. The fourth-order valence-electron chi connectivity index (χ4n) is 3.08. The molecule has 29 heavy (non-hydrogen) atoms. The van der Waals surface area contributed by atoms with E-state index in [1.165, 1.54) is 11.1 Å². The molecule has 0 bridgehead atoms. The topological polar surface area (TPSA) is 49.4 Å². The summed E-state index contributed by atoms with van der Waals surface area (Å²) in [6, 6.07) is 17.9. The zero-order chi connectivity index (χ0) is 21.2. The van der Waals surface area contributed by atoms with Gasteiger partial charge in [0, 0.05) is 18.3 Å². The van der Waals surface area contributed by atoms with Crippen molar-refractivity contribution in [2.75, 3.05) is 12.3 Å². The highest BCUT2D eigenvalue weighted by atomic mass is 32.2. The monoisotopic (exact) mass is 412 g/mol. The van der Waals surface area contributed by atoms with Gasteiger partial charge in [0.05, 0.1) is 5.75 Å². The van der Waals surface area contributed by atoms with Crippen LogP contribution in [0, 0.1) is 6.92 Å². The number of carbonyl (C=O) groups is 2. The van der Waals surface area contributed by atoms with Gasteiger partial charge in [0.15, 0.2) is 0 Å². The summed E-state index contributed by atoms with van der Waals surface area (Å²) >= 11 is 1.60. The van der Waals surface area contributed by atoms with E-state index >= 15 is 0 Å². The van der Waals surface area contributed by atoms with E-state index < -0.39 is 6.04 Å². The summed E-state index contributed by atoms with van der Waals surface area (Å²) < 4.78 is 0. The molecule has 2 aromatic carbocycles. The molecule has 0 saturated heterocycles. The number of benzene rings is 2. The van der Waals surface area contributed by atoms with E-state index in [1.54, 1.807) is 16.7 Å². The lowest BCUT2D eigenvalue weighted by Gasteiger charge is -2.29. The second-order valence-corrected chi connectivity index (χ2v) is 8.57. The van der Waals surface area contributed by atoms with Crippen molar-refractivity contribution in [1.82, 2.24) is 10.2 Å². The van der Waals surface area contributed by atoms with Crippen molar-refractivity contribution in [3.05, 3.63) is 71.3 Å². The third-order valence-corrected chi connectivity index (χ3v) is 5.79. The first kappa shape index (κ1) is 23.0. The zero-order valence-corrected chi connectivity index (χ0v) is 18.7. The third-order valence-electron chi connectivity index (χ3n) is 4.83. The van der Waals surface area contributed by atoms with Crippen LogP contribution in [0.4, 0.5) is 0 Å². The lowest BCUT2D eigenvalue weighted by molar-refractivity contribution is -0.138. The molecule has 5 heteroatoms. The molecule has 2 aromatic rings.